The molecule has 0 radical (unpaired) electrons. The Hall–Kier alpha value is -4.60. The third kappa shape index (κ3) is 6.95. The van der Waals surface area contributed by atoms with E-state index in [0.29, 0.717) is 13.1 Å². The van der Waals surface area contributed by atoms with E-state index in [4.69, 9.17) is 9.47 Å². The van der Waals surface area contributed by atoms with Gasteiger partial charge in [0.2, 0.25) is 0 Å². The van der Waals surface area contributed by atoms with Crippen molar-refractivity contribution >= 4 is 12.2 Å². The summed E-state index contributed by atoms with van der Waals surface area (Å²) < 4.78 is 11.3. The normalized spacial score (nSPS) is 18.7. The van der Waals surface area contributed by atoms with Gasteiger partial charge in [0, 0.05) is 18.7 Å². The van der Waals surface area contributed by atoms with Crippen LogP contribution in [0.15, 0.2) is 60.8 Å². The van der Waals surface area contributed by atoms with Crippen molar-refractivity contribution < 1.29 is 19.1 Å². The Kier molecular flexibility index (Phi) is 8.39. The molecule has 2 saturated heterocycles. The van der Waals surface area contributed by atoms with Crippen molar-refractivity contribution in [3.05, 3.63) is 72.3 Å². The van der Waals surface area contributed by atoms with Crippen molar-refractivity contribution in [1.82, 2.24) is 30.0 Å². The van der Waals surface area contributed by atoms with Crippen LogP contribution in [0.25, 0.3) is 33.6 Å². The highest BCUT2D eigenvalue weighted by atomic mass is 16.6. The maximum atomic E-state index is 12.8. The first-order chi connectivity index (χ1) is 21.8. The third-order valence-electron chi connectivity index (χ3n) is 8.34. The van der Waals surface area contributed by atoms with Crippen LogP contribution >= 0.6 is 0 Å². The van der Waals surface area contributed by atoms with Gasteiger partial charge in [-0.05, 0) is 90.0 Å². The number of hydrogen-bond acceptors (Lipinski definition) is 6. The highest BCUT2D eigenvalue weighted by Crippen LogP contribution is 2.35. The predicted octanol–water partition coefficient (Wildman–Crippen LogP) is 8.28. The molecule has 2 N–H and O–H groups in total. The number of likely N-dealkylation sites (tertiary alicyclic amines) is 2. The minimum Gasteiger partial charge on any atom is -0.444 e. The van der Waals surface area contributed by atoms with Gasteiger partial charge in [-0.2, -0.15) is 5.10 Å². The fraction of sp³-hybridized carbons (Fsp3) is 0.444. The number of rotatable bonds is 5. The van der Waals surface area contributed by atoms with E-state index >= 15 is 0 Å². The number of carbonyl (C=O) groups excluding carboxylic acids is 2. The van der Waals surface area contributed by atoms with E-state index in [9.17, 15) is 9.59 Å². The molecule has 10 nitrogen and oxygen atoms in total. The molecule has 2 aromatic carbocycles. The smallest absolute Gasteiger partial charge is 0.410 e. The van der Waals surface area contributed by atoms with Gasteiger partial charge in [-0.25, -0.2) is 14.6 Å². The number of aromatic nitrogens is 4. The van der Waals surface area contributed by atoms with Crippen LogP contribution in [0.2, 0.25) is 0 Å². The molecule has 2 amide bonds. The molecule has 2 aromatic heterocycles. The number of ether oxygens (including phenoxy) is 2. The molecule has 2 atom stereocenters. The molecule has 0 bridgehead atoms. The Morgan fingerprint density at radius 1 is 0.739 bits per heavy atom. The monoisotopic (exact) mass is 624 g/mol. The van der Waals surface area contributed by atoms with Crippen molar-refractivity contribution in [3.63, 3.8) is 0 Å². The molecule has 10 heteroatoms. The van der Waals surface area contributed by atoms with Gasteiger partial charge in [-0.15, -0.1) is 0 Å². The Morgan fingerprint density at radius 2 is 1.24 bits per heavy atom. The Morgan fingerprint density at radius 3 is 1.80 bits per heavy atom. The number of aromatic amines is 2. The Balaban J connectivity index is 1.11. The summed E-state index contributed by atoms with van der Waals surface area (Å²) >= 11 is 0. The first-order valence-corrected chi connectivity index (χ1v) is 16.2. The van der Waals surface area contributed by atoms with Crippen molar-refractivity contribution in [3.8, 4) is 33.6 Å². The van der Waals surface area contributed by atoms with Gasteiger partial charge >= 0.3 is 12.2 Å². The van der Waals surface area contributed by atoms with E-state index in [1.54, 1.807) is 9.80 Å². The Labute approximate surface area is 270 Å². The minimum atomic E-state index is -0.537. The quantitative estimate of drug-likeness (QED) is 0.231. The lowest BCUT2D eigenvalue weighted by Crippen LogP contribution is -2.36. The summed E-state index contributed by atoms with van der Waals surface area (Å²) in [5.74, 6) is 0.782. The van der Waals surface area contributed by atoms with Gasteiger partial charge in [-0.3, -0.25) is 14.9 Å². The molecule has 0 aliphatic carbocycles. The summed E-state index contributed by atoms with van der Waals surface area (Å²) in [4.78, 5) is 37.2. The summed E-state index contributed by atoms with van der Waals surface area (Å²) in [7, 11) is 0. The van der Waals surface area contributed by atoms with Gasteiger partial charge in [0.05, 0.1) is 35.4 Å². The van der Waals surface area contributed by atoms with Crippen LogP contribution in [0.4, 0.5) is 9.59 Å². The molecule has 6 rings (SSSR count). The molecule has 0 spiro atoms. The van der Waals surface area contributed by atoms with Crippen molar-refractivity contribution in [2.75, 3.05) is 13.1 Å². The summed E-state index contributed by atoms with van der Waals surface area (Å²) in [6.45, 7) is 12.6. The highest BCUT2D eigenvalue weighted by Gasteiger charge is 2.36. The van der Waals surface area contributed by atoms with Gasteiger partial charge in [0.1, 0.15) is 17.0 Å². The predicted molar refractivity (Wildman–Crippen MR) is 177 cm³/mol. The minimum absolute atomic E-state index is 0.0677. The number of amides is 2. The zero-order chi connectivity index (χ0) is 32.6. The van der Waals surface area contributed by atoms with E-state index < -0.39 is 11.2 Å². The van der Waals surface area contributed by atoms with Crippen molar-refractivity contribution in [1.29, 1.82) is 0 Å². The number of imidazole rings is 1. The second-order valence-corrected chi connectivity index (χ2v) is 14.2. The summed E-state index contributed by atoms with van der Waals surface area (Å²) in [5.41, 5.74) is 5.84. The summed E-state index contributed by atoms with van der Waals surface area (Å²) in [6.07, 6.45) is 4.83. The first-order valence-electron chi connectivity index (χ1n) is 16.2. The van der Waals surface area contributed by atoms with Gasteiger partial charge in [0.15, 0.2) is 0 Å². The molecular weight excluding hydrogens is 580 g/mol. The second kappa shape index (κ2) is 12.3. The fourth-order valence-electron chi connectivity index (χ4n) is 6.20. The number of carbonyl (C=O) groups is 2. The van der Waals surface area contributed by atoms with E-state index in [-0.39, 0.29) is 24.3 Å². The maximum Gasteiger partial charge on any atom is 0.410 e. The van der Waals surface area contributed by atoms with Gasteiger partial charge < -0.3 is 14.5 Å². The van der Waals surface area contributed by atoms with E-state index in [2.05, 4.69) is 68.7 Å². The SMILES string of the molecule is CC(C)(C)OC(=O)N1CCCC1c1cc(-c2ccc(-c3ccc(-c4cnc(C5CCCN5C(=O)OC(C)(C)C)[nH]4)cc3)cc2)n[nH]1. The van der Waals surface area contributed by atoms with Crippen molar-refractivity contribution in [2.24, 2.45) is 0 Å². The molecule has 2 fully saturated rings. The van der Waals surface area contributed by atoms with E-state index in [1.165, 1.54) is 0 Å². The van der Waals surface area contributed by atoms with Crippen LogP contribution in [0.3, 0.4) is 0 Å². The van der Waals surface area contributed by atoms with Gasteiger partial charge in [0.25, 0.3) is 0 Å². The third-order valence-corrected chi connectivity index (χ3v) is 8.34. The first kappa shape index (κ1) is 31.4. The highest BCUT2D eigenvalue weighted by molar-refractivity contribution is 5.73. The molecule has 2 unspecified atom stereocenters. The van der Waals surface area contributed by atoms with Gasteiger partial charge in [-0.1, -0.05) is 48.5 Å². The van der Waals surface area contributed by atoms with Crippen LogP contribution in [0, 0.1) is 0 Å². The largest absolute Gasteiger partial charge is 0.444 e. The van der Waals surface area contributed by atoms with E-state index in [0.717, 1.165) is 70.8 Å². The summed E-state index contributed by atoms with van der Waals surface area (Å²) in [6, 6.07) is 18.6. The number of nitrogens with zero attached hydrogens (tertiary/aromatic N) is 4. The standard InChI is InChI=1S/C36H44N6O4/c1-35(2,3)45-33(43)41-19-7-9-30(41)28-21-27(39-40-28)25-15-11-23(12-16-25)24-13-17-26(18-14-24)29-22-37-32(38-29)31-10-8-20-42(31)34(44)46-36(4,5)6/h11-18,21-22,30-31H,7-10,19-20H2,1-6H3,(H,37,38)(H,39,40). The van der Waals surface area contributed by atoms with E-state index in [1.807, 2.05) is 53.8 Å². The second-order valence-electron chi connectivity index (χ2n) is 14.2. The van der Waals surface area contributed by atoms with Crippen LogP contribution in [-0.2, 0) is 9.47 Å². The topological polar surface area (TPSA) is 116 Å². The molecule has 4 heterocycles. The molecule has 242 valence electrons. The zero-order valence-corrected chi connectivity index (χ0v) is 27.6. The fourth-order valence-corrected chi connectivity index (χ4v) is 6.20. The van der Waals surface area contributed by atoms with Crippen LogP contribution in [-0.4, -0.2) is 66.4 Å². The maximum absolute atomic E-state index is 12.8. The lowest BCUT2D eigenvalue weighted by molar-refractivity contribution is 0.0209. The molecule has 46 heavy (non-hydrogen) atoms. The van der Waals surface area contributed by atoms with Crippen LogP contribution in [0.5, 0.6) is 0 Å². The number of hydrogen-bond donors (Lipinski definition) is 2. The number of nitrogens with one attached hydrogen (secondary N) is 2. The number of H-pyrrole nitrogens is 2. The van der Waals surface area contributed by atoms with Crippen LogP contribution < -0.4 is 0 Å². The molecule has 4 aromatic rings. The lowest BCUT2D eigenvalue weighted by Gasteiger charge is -2.28. The summed E-state index contributed by atoms with van der Waals surface area (Å²) in [5, 5.41) is 7.73. The average Bonchev–Trinajstić information content (AvgIpc) is 3.82. The zero-order valence-electron chi connectivity index (χ0n) is 27.6. The molecule has 2 aliphatic heterocycles. The Bertz CT molecular complexity index is 1550. The number of benzene rings is 2. The van der Waals surface area contributed by atoms with Crippen LogP contribution in [0.1, 0.15) is 90.8 Å². The lowest BCUT2D eigenvalue weighted by atomic mass is 10.0. The molecular formula is C36H44N6O4. The molecule has 0 saturated carbocycles. The molecule has 2 aliphatic rings. The average molecular weight is 625 g/mol. The van der Waals surface area contributed by atoms with Crippen molar-refractivity contribution in [2.45, 2.75) is 90.5 Å².